The molecule has 1 aromatic carbocycles. The molecule has 0 spiro atoms. The first-order valence-electron chi connectivity index (χ1n) is 7.07. The lowest BCUT2D eigenvalue weighted by Crippen LogP contribution is -2.21. The lowest BCUT2D eigenvalue weighted by Gasteiger charge is -2.24. The minimum atomic E-state index is 0.159. The van der Waals surface area contributed by atoms with E-state index >= 15 is 0 Å². The molecule has 0 radical (unpaired) electrons. The van der Waals surface area contributed by atoms with Crippen molar-refractivity contribution in [2.75, 3.05) is 11.9 Å². The maximum atomic E-state index is 11.9. The second kappa shape index (κ2) is 5.78. The Bertz CT molecular complexity index is 683. The minimum absolute atomic E-state index is 0.159. The normalized spacial score (nSPS) is 15.7. The number of ketones is 1. The van der Waals surface area contributed by atoms with Crippen LogP contribution in [0.5, 0.6) is 0 Å². The fraction of sp³-hybridized carbons (Fsp3) is 0.375. The molecule has 0 amide bonds. The van der Waals surface area contributed by atoms with Crippen molar-refractivity contribution in [1.29, 1.82) is 0 Å². The number of carbonyl (C=O) groups is 1. The van der Waals surface area contributed by atoms with Gasteiger partial charge in [0.1, 0.15) is 5.69 Å². The molecule has 3 rings (SSSR count). The fourth-order valence-electron chi connectivity index (χ4n) is 2.56. The first-order valence-corrected chi connectivity index (χ1v) is 8.27. The van der Waals surface area contributed by atoms with E-state index in [1.54, 1.807) is 11.3 Å². The van der Waals surface area contributed by atoms with Crippen LogP contribution < -0.4 is 4.90 Å². The molecule has 1 unspecified atom stereocenters. The predicted molar refractivity (Wildman–Crippen MR) is 87.7 cm³/mol. The van der Waals surface area contributed by atoms with Crippen molar-refractivity contribution in [2.24, 2.45) is 0 Å². The summed E-state index contributed by atoms with van der Waals surface area (Å²) in [7, 11) is 2.01. The number of fused-ring (bicyclic) bond motifs is 1. The van der Waals surface area contributed by atoms with Crippen LogP contribution in [0.15, 0.2) is 24.3 Å². The molecule has 0 N–H and O–H groups in total. The Morgan fingerprint density at radius 2 is 2.19 bits per heavy atom. The number of halogens is 1. The monoisotopic (exact) mass is 320 g/mol. The Kier molecular flexibility index (Phi) is 4.00. The van der Waals surface area contributed by atoms with Gasteiger partial charge in [-0.2, -0.15) is 0 Å². The third kappa shape index (κ3) is 2.83. The van der Waals surface area contributed by atoms with Crippen molar-refractivity contribution >= 4 is 33.9 Å². The molecular formula is C16H17ClN2OS. The molecule has 1 heterocycles. The molecule has 2 aromatic rings. The highest BCUT2D eigenvalue weighted by Gasteiger charge is 2.25. The van der Waals surface area contributed by atoms with Crippen LogP contribution in [0.3, 0.4) is 0 Å². The fourth-order valence-corrected chi connectivity index (χ4v) is 3.92. The molecule has 110 valence electrons. The van der Waals surface area contributed by atoms with E-state index in [0.717, 1.165) is 33.4 Å². The average molecular weight is 321 g/mol. The van der Waals surface area contributed by atoms with Crippen molar-refractivity contribution in [2.45, 2.75) is 32.2 Å². The summed E-state index contributed by atoms with van der Waals surface area (Å²) in [6.45, 7) is 2.12. The van der Waals surface area contributed by atoms with Gasteiger partial charge in [0.15, 0.2) is 10.9 Å². The molecule has 1 aromatic heterocycles. The second-order valence-electron chi connectivity index (χ2n) is 5.39. The summed E-state index contributed by atoms with van der Waals surface area (Å²) in [5.74, 6) is 0.183. The Labute approximate surface area is 133 Å². The zero-order chi connectivity index (χ0) is 15.0. The third-order valence-electron chi connectivity index (χ3n) is 3.97. The lowest BCUT2D eigenvalue weighted by atomic mass is 10.0. The highest BCUT2D eigenvalue weighted by molar-refractivity contribution is 7.16. The highest BCUT2D eigenvalue weighted by Crippen LogP contribution is 2.34. The van der Waals surface area contributed by atoms with Gasteiger partial charge in [-0.1, -0.05) is 23.7 Å². The summed E-state index contributed by atoms with van der Waals surface area (Å²) in [5, 5.41) is 1.64. The SMILES string of the molecule is CC(c1cccc(Cl)c1)N(C)c1nc2c(s1)CCCC2=O. The van der Waals surface area contributed by atoms with Crippen molar-refractivity contribution in [1.82, 2.24) is 4.98 Å². The van der Waals surface area contributed by atoms with Gasteiger partial charge in [0.2, 0.25) is 0 Å². The van der Waals surface area contributed by atoms with Crippen LogP contribution in [-0.2, 0) is 6.42 Å². The number of carbonyl (C=O) groups excluding carboxylic acids is 1. The summed E-state index contributed by atoms with van der Waals surface area (Å²) < 4.78 is 0. The van der Waals surface area contributed by atoms with Crippen LogP contribution >= 0.6 is 22.9 Å². The van der Waals surface area contributed by atoms with Gasteiger partial charge in [-0.25, -0.2) is 4.98 Å². The number of benzene rings is 1. The van der Waals surface area contributed by atoms with E-state index in [-0.39, 0.29) is 11.8 Å². The molecule has 5 heteroatoms. The molecular weight excluding hydrogens is 304 g/mol. The summed E-state index contributed by atoms with van der Waals surface area (Å²) in [6, 6.07) is 8.02. The van der Waals surface area contributed by atoms with E-state index < -0.39 is 0 Å². The van der Waals surface area contributed by atoms with E-state index in [1.807, 2.05) is 25.2 Å². The Hall–Kier alpha value is -1.39. The minimum Gasteiger partial charge on any atom is -0.344 e. The Balaban J connectivity index is 1.88. The van der Waals surface area contributed by atoms with E-state index in [1.165, 1.54) is 0 Å². The topological polar surface area (TPSA) is 33.2 Å². The van der Waals surface area contributed by atoms with E-state index in [9.17, 15) is 4.79 Å². The zero-order valence-corrected chi connectivity index (χ0v) is 13.7. The predicted octanol–water partition coefficient (Wildman–Crippen LogP) is 4.51. The molecule has 21 heavy (non-hydrogen) atoms. The maximum absolute atomic E-state index is 11.9. The summed E-state index contributed by atoms with van der Waals surface area (Å²) in [6.07, 6.45) is 2.54. The smallest absolute Gasteiger partial charge is 0.186 e. The van der Waals surface area contributed by atoms with Gasteiger partial charge in [0.25, 0.3) is 0 Å². The number of nitrogens with zero attached hydrogens (tertiary/aromatic N) is 2. The first-order chi connectivity index (χ1) is 10.1. The Morgan fingerprint density at radius 1 is 1.38 bits per heavy atom. The first kappa shape index (κ1) is 14.5. The van der Waals surface area contributed by atoms with Crippen LogP contribution in [0.25, 0.3) is 0 Å². The molecule has 0 fully saturated rings. The highest BCUT2D eigenvalue weighted by atomic mass is 35.5. The van der Waals surface area contributed by atoms with Gasteiger partial charge in [-0.05, 0) is 37.5 Å². The van der Waals surface area contributed by atoms with Crippen molar-refractivity contribution < 1.29 is 4.79 Å². The number of hydrogen-bond donors (Lipinski definition) is 0. The van der Waals surface area contributed by atoms with Gasteiger partial charge < -0.3 is 4.90 Å². The Morgan fingerprint density at radius 3 is 2.90 bits per heavy atom. The number of rotatable bonds is 3. The number of aromatic nitrogens is 1. The molecule has 1 aliphatic rings. The van der Waals surface area contributed by atoms with E-state index in [0.29, 0.717) is 12.1 Å². The molecule has 0 saturated carbocycles. The molecule has 0 saturated heterocycles. The van der Waals surface area contributed by atoms with Gasteiger partial charge in [-0.15, -0.1) is 11.3 Å². The van der Waals surface area contributed by atoms with Crippen LogP contribution in [-0.4, -0.2) is 17.8 Å². The quantitative estimate of drug-likeness (QED) is 0.834. The summed E-state index contributed by atoms with van der Waals surface area (Å²) >= 11 is 7.70. The maximum Gasteiger partial charge on any atom is 0.186 e. The van der Waals surface area contributed by atoms with Crippen LogP contribution in [0.4, 0.5) is 5.13 Å². The molecule has 1 atom stereocenters. The third-order valence-corrected chi connectivity index (χ3v) is 5.41. The van der Waals surface area contributed by atoms with E-state index in [4.69, 9.17) is 11.6 Å². The summed E-state index contributed by atoms with van der Waals surface area (Å²) in [5.41, 5.74) is 1.83. The standard InChI is InChI=1S/C16H17ClN2OS/c1-10(11-5-3-6-12(17)9-11)19(2)16-18-15-13(20)7-4-8-14(15)21-16/h3,5-6,9-10H,4,7-8H2,1-2H3. The largest absolute Gasteiger partial charge is 0.344 e. The number of thiazole rings is 1. The van der Waals surface area contributed by atoms with Gasteiger partial charge >= 0.3 is 0 Å². The summed E-state index contributed by atoms with van der Waals surface area (Å²) in [4.78, 5) is 19.7. The van der Waals surface area contributed by atoms with Crippen LogP contribution in [0, 0.1) is 0 Å². The van der Waals surface area contributed by atoms with Crippen molar-refractivity contribution in [3.05, 3.63) is 45.4 Å². The number of aryl methyl sites for hydroxylation is 1. The average Bonchev–Trinajstić information content (AvgIpc) is 2.91. The van der Waals surface area contributed by atoms with Crippen molar-refractivity contribution in [3.8, 4) is 0 Å². The van der Waals surface area contributed by atoms with Crippen LogP contribution in [0.1, 0.15) is 46.7 Å². The number of hydrogen-bond acceptors (Lipinski definition) is 4. The van der Waals surface area contributed by atoms with E-state index in [2.05, 4.69) is 22.9 Å². The van der Waals surface area contributed by atoms with Gasteiger partial charge in [-0.3, -0.25) is 4.79 Å². The van der Waals surface area contributed by atoms with Crippen LogP contribution in [0.2, 0.25) is 5.02 Å². The lowest BCUT2D eigenvalue weighted by molar-refractivity contribution is 0.0968. The van der Waals surface area contributed by atoms with Gasteiger partial charge in [0.05, 0.1) is 6.04 Å². The van der Waals surface area contributed by atoms with Crippen molar-refractivity contribution in [3.63, 3.8) is 0 Å². The zero-order valence-electron chi connectivity index (χ0n) is 12.1. The molecule has 0 aliphatic heterocycles. The number of Topliss-reactive ketones (excluding diaryl/α,β-unsaturated/α-hetero) is 1. The number of anilines is 1. The molecule has 0 bridgehead atoms. The second-order valence-corrected chi connectivity index (χ2v) is 6.89. The molecule has 1 aliphatic carbocycles. The molecule has 3 nitrogen and oxygen atoms in total. The van der Waals surface area contributed by atoms with Gasteiger partial charge in [0, 0.05) is 23.4 Å².